The third kappa shape index (κ3) is 4.98. The monoisotopic (exact) mass is 746 g/mol. The largest absolute Gasteiger partial charge is 0.455 e. The van der Waals surface area contributed by atoms with Crippen LogP contribution in [0.1, 0.15) is 0 Å². The lowest BCUT2D eigenvalue weighted by atomic mass is 10.00. The molecule has 5 nitrogen and oxygen atoms in total. The van der Waals surface area contributed by atoms with E-state index in [-0.39, 0.29) is 0 Å². The lowest BCUT2D eigenvalue weighted by Gasteiger charge is -2.12. The summed E-state index contributed by atoms with van der Waals surface area (Å²) in [7, 11) is 0. The van der Waals surface area contributed by atoms with Crippen LogP contribution in [-0.2, 0) is 0 Å². The average Bonchev–Trinajstić information content (AvgIpc) is 3.96. The third-order valence-electron chi connectivity index (χ3n) is 11.1. The molecule has 12 aromatic rings. The van der Waals surface area contributed by atoms with Gasteiger partial charge in [-0.2, -0.15) is 0 Å². The number of para-hydroxylation sites is 4. The lowest BCUT2D eigenvalue weighted by Crippen LogP contribution is -2.02. The number of thiophene rings is 1. The Morgan fingerprint density at radius 3 is 1.89 bits per heavy atom. The Labute approximate surface area is 330 Å². The highest BCUT2D eigenvalue weighted by molar-refractivity contribution is 7.26. The molecule has 4 aromatic heterocycles. The van der Waals surface area contributed by atoms with Gasteiger partial charge in [0.2, 0.25) is 0 Å². The summed E-state index contributed by atoms with van der Waals surface area (Å²) < 4.78 is 11.6. The van der Waals surface area contributed by atoms with Gasteiger partial charge in [-0.25, -0.2) is 15.0 Å². The van der Waals surface area contributed by atoms with Crippen molar-refractivity contribution >= 4 is 75.3 Å². The van der Waals surface area contributed by atoms with Crippen molar-refractivity contribution in [2.45, 2.75) is 0 Å². The molecule has 0 spiro atoms. The Hall–Kier alpha value is -7.41. The molecular formula is C51H30N4OS. The van der Waals surface area contributed by atoms with E-state index in [1.807, 2.05) is 47.7 Å². The molecule has 0 saturated heterocycles. The molecule has 0 radical (unpaired) electrons. The zero-order valence-electron chi connectivity index (χ0n) is 30.4. The van der Waals surface area contributed by atoms with Gasteiger partial charge in [-0.3, -0.25) is 0 Å². The van der Waals surface area contributed by atoms with Crippen LogP contribution in [0.5, 0.6) is 0 Å². The second-order valence-corrected chi connectivity index (χ2v) is 15.4. The summed E-state index contributed by atoms with van der Waals surface area (Å²) in [6, 6.07) is 63.6. The van der Waals surface area contributed by atoms with Crippen molar-refractivity contribution in [3.05, 3.63) is 182 Å². The van der Waals surface area contributed by atoms with Crippen molar-refractivity contribution in [3.8, 4) is 51.0 Å². The molecule has 6 heteroatoms. The van der Waals surface area contributed by atoms with Gasteiger partial charge in [-0.15, -0.1) is 11.3 Å². The second-order valence-electron chi connectivity index (χ2n) is 14.3. The van der Waals surface area contributed by atoms with Crippen molar-refractivity contribution in [2.24, 2.45) is 0 Å². The maximum atomic E-state index is 6.74. The molecule has 0 aliphatic heterocycles. The summed E-state index contributed by atoms with van der Waals surface area (Å²) in [5.74, 6) is 1.75. The minimum absolute atomic E-state index is 0.554. The molecule has 12 rings (SSSR count). The van der Waals surface area contributed by atoms with E-state index in [1.165, 1.54) is 31.1 Å². The molecule has 0 aliphatic rings. The van der Waals surface area contributed by atoms with E-state index in [0.717, 1.165) is 66.3 Å². The number of rotatable bonds is 5. The van der Waals surface area contributed by atoms with E-state index in [9.17, 15) is 0 Å². The van der Waals surface area contributed by atoms with E-state index in [2.05, 4.69) is 150 Å². The van der Waals surface area contributed by atoms with Crippen molar-refractivity contribution in [1.29, 1.82) is 0 Å². The number of furan rings is 1. The maximum Gasteiger partial charge on any atom is 0.167 e. The summed E-state index contributed by atoms with van der Waals surface area (Å²) in [4.78, 5) is 15.7. The highest BCUT2D eigenvalue weighted by Gasteiger charge is 2.22. The van der Waals surface area contributed by atoms with Gasteiger partial charge in [0.05, 0.1) is 16.6 Å². The van der Waals surface area contributed by atoms with E-state index in [1.54, 1.807) is 0 Å². The van der Waals surface area contributed by atoms with Gasteiger partial charge in [0.15, 0.2) is 17.5 Å². The molecule has 266 valence electrons. The molecule has 0 saturated carbocycles. The van der Waals surface area contributed by atoms with E-state index in [0.29, 0.717) is 17.5 Å². The SMILES string of the molecule is c1ccc(-c2nc(-c3cccc4c3oc3ccc(-c5cccc6c5sc5ccccc56)cc34)nc(-c3cccc4c5ccccc5n(-c5ccccc5)c34)n2)cc1. The first-order chi connectivity index (χ1) is 28.3. The highest BCUT2D eigenvalue weighted by Crippen LogP contribution is 2.43. The van der Waals surface area contributed by atoms with Gasteiger partial charge in [0, 0.05) is 58.5 Å². The first-order valence-electron chi connectivity index (χ1n) is 19.0. The molecule has 0 fully saturated rings. The normalized spacial score (nSPS) is 11.9. The average molecular weight is 747 g/mol. The molecule has 0 atom stereocenters. The summed E-state index contributed by atoms with van der Waals surface area (Å²) >= 11 is 1.85. The summed E-state index contributed by atoms with van der Waals surface area (Å²) in [5.41, 5.74) is 9.83. The van der Waals surface area contributed by atoms with Crippen LogP contribution in [-0.4, -0.2) is 19.5 Å². The number of hydrogen-bond donors (Lipinski definition) is 0. The highest BCUT2D eigenvalue weighted by atomic mass is 32.1. The second kappa shape index (κ2) is 12.6. The Morgan fingerprint density at radius 1 is 0.421 bits per heavy atom. The first kappa shape index (κ1) is 31.9. The van der Waals surface area contributed by atoms with Gasteiger partial charge in [-0.1, -0.05) is 133 Å². The number of aromatic nitrogens is 4. The summed E-state index contributed by atoms with van der Waals surface area (Å²) in [5, 5.41) is 6.96. The van der Waals surface area contributed by atoms with E-state index >= 15 is 0 Å². The fourth-order valence-corrected chi connectivity index (χ4v) is 9.73. The van der Waals surface area contributed by atoms with Crippen LogP contribution in [0, 0.1) is 0 Å². The van der Waals surface area contributed by atoms with Crippen LogP contribution < -0.4 is 0 Å². The Morgan fingerprint density at radius 2 is 1.05 bits per heavy atom. The minimum Gasteiger partial charge on any atom is -0.455 e. The minimum atomic E-state index is 0.554. The molecular weight excluding hydrogens is 717 g/mol. The smallest absolute Gasteiger partial charge is 0.167 e. The number of fused-ring (bicyclic) bond motifs is 9. The fraction of sp³-hybridized carbons (Fsp3) is 0. The Kier molecular flexibility index (Phi) is 7.03. The number of benzene rings is 8. The van der Waals surface area contributed by atoms with Gasteiger partial charge in [0.1, 0.15) is 11.2 Å². The molecule has 0 aliphatic carbocycles. The molecule has 0 bridgehead atoms. The van der Waals surface area contributed by atoms with Gasteiger partial charge >= 0.3 is 0 Å². The van der Waals surface area contributed by atoms with Crippen LogP contribution in [0.15, 0.2) is 186 Å². The third-order valence-corrected chi connectivity index (χ3v) is 12.3. The van der Waals surface area contributed by atoms with Crippen molar-refractivity contribution in [1.82, 2.24) is 19.5 Å². The predicted octanol–water partition coefficient (Wildman–Crippen LogP) is 13.9. The van der Waals surface area contributed by atoms with Crippen molar-refractivity contribution < 1.29 is 4.42 Å². The molecule has 0 amide bonds. The van der Waals surface area contributed by atoms with E-state index < -0.39 is 0 Å². The summed E-state index contributed by atoms with van der Waals surface area (Å²) in [6.45, 7) is 0. The lowest BCUT2D eigenvalue weighted by molar-refractivity contribution is 0.669. The van der Waals surface area contributed by atoms with Crippen LogP contribution in [0.3, 0.4) is 0 Å². The summed E-state index contributed by atoms with van der Waals surface area (Å²) in [6.07, 6.45) is 0. The quantitative estimate of drug-likeness (QED) is 0.176. The van der Waals surface area contributed by atoms with Crippen LogP contribution >= 0.6 is 11.3 Å². The number of hydrogen-bond acceptors (Lipinski definition) is 5. The van der Waals surface area contributed by atoms with Crippen LogP contribution in [0.25, 0.3) is 115 Å². The van der Waals surface area contributed by atoms with Crippen molar-refractivity contribution in [3.63, 3.8) is 0 Å². The van der Waals surface area contributed by atoms with Crippen LogP contribution in [0.4, 0.5) is 0 Å². The zero-order chi connectivity index (χ0) is 37.5. The predicted molar refractivity (Wildman–Crippen MR) is 236 cm³/mol. The van der Waals surface area contributed by atoms with E-state index in [4.69, 9.17) is 19.4 Å². The van der Waals surface area contributed by atoms with Gasteiger partial charge in [0.25, 0.3) is 0 Å². The zero-order valence-corrected chi connectivity index (χ0v) is 31.2. The number of nitrogens with zero attached hydrogens (tertiary/aromatic N) is 4. The van der Waals surface area contributed by atoms with Gasteiger partial charge < -0.3 is 8.98 Å². The van der Waals surface area contributed by atoms with Gasteiger partial charge in [-0.05, 0) is 59.7 Å². The first-order valence-corrected chi connectivity index (χ1v) is 19.8. The van der Waals surface area contributed by atoms with Crippen molar-refractivity contribution in [2.75, 3.05) is 0 Å². The maximum absolute atomic E-state index is 6.74. The Balaban J connectivity index is 1.08. The topological polar surface area (TPSA) is 56.7 Å². The molecule has 4 heterocycles. The van der Waals surface area contributed by atoms with Crippen LogP contribution in [0.2, 0.25) is 0 Å². The molecule has 0 N–H and O–H groups in total. The fourth-order valence-electron chi connectivity index (χ4n) is 8.49. The Bertz CT molecular complexity index is 3530. The standard InChI is InChI=1S/C51H30N4OS/c1-3-14-31(15-4-1)49-52-50(40-24-12-21-37-35-18-7-9-26-43(35)55(46(37)40)33-16-5-2-6-17-33)54-51(53-49)41-25-13-22-38-42-30-32(28-29-44(42)56-47(38)41)34-20-11-23-39-36-19-8-10-27-45(36)57-48(34)39/h1-30H. The molecule has 57 heavy (non-hydrogen) atoms. The molecule has 8 aromatic carbocycles. The molecule has 0 unspecified atom stereocenters.